The lowest BCUT2D eigenvalue weighted by Gasteiger charge is -2.16. The van der Waals surface area contributed by atoms with Gasteiger partial charge in [0, 0.05) is 12.6 Å². The molecule has 0 fully saturated rings. The Hall–Kier alpha value is -0.970. The quantitative estimate of drug-likeness (QED) is 0.679. The van der Waals surface area contributed by atoms with Gasteiger partial charge in [0.2, 0.25) is 0 Å². The van der Waals surface area contributed by atoms with Crippen LogP contribution in [0.4, 0.5) is 4.39 Å². The first-order chi connectivity index (χ1) is 7.13. The Bertz CT molecular complexity index is 289. The Morgan fingerprint density at radius 3 is 2.47 bits per heavy atom. The molecule has 0 heterocycles. The van der Waals surface area contributed by atoms with E-state index in [-0.39, 0.29) is 18.5 Å². The molecular formula is C11H16FNO2. The molecule has 0 radical (unpaired) electrons. The van der Waals surface area contributed by atoms with Crippen LogP contribution >= 0.6 is 0 Å². The Morgan fingerprint density at radius 1 is 1.33 bits per heavy atom. The second-order valence-corrected chi connectivity index (χ2v) is 3.52. The largest absolute Gasteiger partial charge is 0.394 e. The van der Waals surface area contributed by atoms with Crippen molar-refractivity contribution >= 4 is 0 Å². The molecule has 1 aromatic rings. The number of nitrogens with one attached hydrogen (secondary N) is 1. The van der Waals surface area contributed by atoms with Crippen LogP contribution in [0.1, 0.15) is 18.5 Å². The van der Waals surface area contributed by atoms with Crippen molar-refractivity contribution in [3.63, 3.8) is 0 Å². The van der Waals surface area contributed by atoms with Crippen molar-refractivity contribution in [2.75, 3.05) is 13.2 Å². The lowest BCUT2D eigenvalue weighted by molar-refractivity contribution is 0.0924. The van der Waals surface area contributed by atoms with E-state index in [1.807, 2.05) is 6.92 Å². The predicted octanol–water partition coefficient (Wildman–Crippen LogP) is 0.830. The standard InChI is InChI=1S/C11H16FNO2/c1-8(13-6-11(15)7-14)9-2-4-10(12)5-3-9/h2-5,8,11,13-15H,6-7H2,1H3/t8-,11-/m0/s1. The van der Waals surface area contributed by atoms with Gasteiger partial charge in [-0.15, -0.1) is 0 Å². The lowest BCUT2D eigenvalue weighted by atomic mass is 10.1. The van der Waals surface area contributed by atoms with Gasteiger partial charge in [-0.05, 0) is 24.6 Å². The van der Waals surface area contributed by atoms with Crippen molar-refractivity contribution < 1.29 is 14.6 Å². The third-order valence-electron chi connectivity index (χ3n) is 2.24. The van der Waals surface area contributed by atoms with E-state index < -0.39 is 6.10 Å². The number of aliphatic hydroxyl groups is 2. The molecule has 1 aromatic carbocycles. The summed E-state index contributed by atoms with van der Waals surface area (Å²) >= 11 is 0. The van der Waals surface area contributed by atoms with E-state index in [1.54, 1.807) is 12.1 Å². The van der Waals surface area contributed by atoms with Crippen LogP contribution in [-0.2, 0) is 0 Å². The van der Waals surface area contributed by atoms with Crippen molar-refractivity contribution in [2.24, 2.45) is 0 Å². The minimum atomic E-state index is -0.757. The summed E-state index contributed by atoms with van der Waals surface area (Å²) in [6, 6.07) is 6.20. The molecule has 1 rings (SSSR count). The predicted molar refractivity (Wildman–Crippen MR) is 55.9 cm³/mol. The molecule has 0 bridgehead atoms. The smallest absolute Gasteiger partial charge is 0.123 e. The van der Waals surface area contributed by atoms with E-state index in [2.05, 4.69) is 5.32 Å². The fourth-order valence-electron chi connectivity index (χ4n) is 1.25. The topological polar surface area (TPSA) is 52.5 Å². The molecule has 0 spiro atoms. The number of rotatable bonds is 5. The van der Waals surface area contributed by atoms with Crippen molar-refractivity contribution in [3.05, 3.63) is 35.6 Å². The van der Waals surface area contributed by atoms with Crippen molar-refractivity contribution in [1.29, 1.82) is 0 Å². The number of hydrogen-bond acceptors (Lipinski definition) is 3. The van der Waals surface area contributed by atoms with Crippen LogP contribution in [-0.4, -0.2) is 29.5 Å². The van der Waals surface area contributed by atoms with Crippen LogP contribution in [0.2, 0.25) is 0 Å². The van der Waals surface area contributed by atoms with Gasteiger partial charge in [0.05, 0.1) is 12.7 Å². The number of benzene rings is 1. The van der Waals surface area contributed by atoms with Crippen molar-refractivity contribution in [1.82, 2.24) is 5.32 Å². The molecule has 0 saturated heterocycles. The molecule has 0 unspecified atom stereocenters. The summed E-state index contributed by atoms with van der Waals surface area (Å²) in [5, 5.41) is 20.8. The SMILES string of the molecule is C[C@H](NC[C@H](O)CO)c1ccc(F)cc1. The summed E-state index contributed by atoms with van der Waals surface area (Å²) in [4.78, 5) is 0. The summed E-state index contributed by atoms with van der Waals surface area (Å²) in [5.41, 5.74) is 0.946. The average molecular weight is 213 g/mol. The Morgan fingerprint density at radius 2 is 1.93 bits per heavy atom. The summed E-state index contributed by atoms with van der Waals surface area (Å²) in [5.74, 6) is -0.263. The van der Waals surface area contributed by atoms with Gasteiger partial charge < -0.3 is 15.5 Å². The summed E-state index contributed by atoms with van der Waals surface area (Å²) in [6.45, 7) is 1.97. The van der Waals surface area contributed by atoms with Crippen molar-refractivity contribution in [2.45, 2.75) is 19.1 Å². The molecule has 4 heteroatoms. The summed E-state index contributed by atoms with van der Waals surface area (Å²) in [7, 11) is 0. The van der Waals surface area contributed by atoms with Gasteiger partial charge in [-0.1, -0.05) is 12.1 Å². The van der Waals surface area contributed by atoms with Gasteiger partial charge in [0.1, 0.15) is 5.82 Å². The molecule has 3 N–H and O–H groups in total. The van der Waals surface area contributed by atoms with Crippen LogP contribution in [0.25, 0.3) is 0 Å². The zero-order chi connectivity index (χ0) is 11.3. The van der Waals surface area contributed by atoms with E-state index in [0.717, 1.165) is 5.56 Å². The fourth-order valence-corrected chi connectivity index (χ4v) is 1.25. The number of aliphatic hydroxyl groups excluding tert-OH is 2. The fraction of sp³-hybridized carbons (Fsp3) is 0.455. The maximum absolute atomic E-state index is 12.6. The molecule has 2 atom stereocenters. The van der Waals surface area contributed by atoms with Crippen LogP contribution in [0, 0.1) is 5.82 Å². The Balaban J connectivity index is 2.46. The maximum atomic E-state index is 12.6. The van der Waals surface area contributed by atoms with Crippen LogP contribution in [0.15, 0.2) is 24.3 Å². The van der Waals surface area contributed by atoms with E-state index >= 15 is 0 Å². The summed E-state index contributed by atoms with van der Waals surface area (Å²) in [6.07, 6.45) is -0.757. The molecule has 0 aliphatic carbocycles. The van der Waals surface area contributed by atoms with Gasteiger partial charge in [-0.3, -0.25) is 0 Å². The first kappa shape index (κ1) is 12.1. The second-order valence-electron chi connectivity index (χ2n) is 3.52. The van der Waals surface area contributed by atoms with E-state index in [0.29, 0.717) is 6.54 Å². The minimum Gasteiger partial charge on any atom is -0.394 e. The van der Waals surface area contributed by atoms with Gasteiger partial charge in [-0.25, -0.2) is 4.39 Å². The number of halogens is 1. The molecule has 0 saturated carbocycles. The first-order valence-electron chi connectivity index (χ1n) is 4.91. The molecule has 0 aliphatic heterocycles. The highest BCUT2D eigenvalue weighted by atomic mass is 19.1. The van der Waals surface area contributed by atoms with E-state index in [9.17, 15) is 4.39 Å². The van der Waals surface area contributed by atoms with Gasteiger partial charge >= 0.3 is 0 Å². The first-order valence-corrected chi connectivity index (χ1v) is 4.91. The summed E-state index contributed by atoms with van der Waals surface area (Å²) < 4.78 is 12.6. The van der Waals surface area contributed by atoms with Gasteiger partial charge in [0.15, 0.2) is 0 Å². The molecule has 84 valence electrons. The highest BCUT2D eigenvalue weighted by Crippen LogP contribution is 2.12. The van der Waals surface area contributed by atoms with E-state index in [4.69, 9.17) is 10.2 Å². The third-order valence-corrected chi connectivity index (χ3v) is 2.24. The highest BCUT2D eigenvalue weighted by Gasteiger charge is 2.07. The van der Waals surface area contributed by atoms with Gasteiger partial charge in [-0.2, -0.15) is 0 Å². The normalized spacial score (nSPS) is 14.9. The molecule has 15 heavy (non-hydrogen) atoms. The zero-order valence-corrected chi connectivity index (χ0v) is 8.65. The minimum absolute atomic E-state index is 0.0202. The van der Waals surface area contributed by atoms with Crippen LogP contribution < -0.4 is 5.32 Å². The number of hydrogen-bond donors (Lipinski definition) is 3. The van der Waals surface area contributed by atoms with Crippen molar-refractivity contribution in [3.8, 4) is 0 Å². The van der Waals surface area contributed by atoms with Crippen LogP contribution in [0.3, 0.4) is 0 Å². The lowest BCUT2D eigenvalue weighted by Crippen LogP contribution is -2.31. The highest BCUT2D eigenvalue weighted by molar-refractivity contribution is 5.19. The van der Waals surface area contributed by atoms with Gasteiger partial charge in [0.25, 0.3) is 0 Å². The Labute approximate surface area is 88.6 Å². The second kappa shape index (κ2) is 5.80. The Kier molecular flexibility index (Phi) is 4.68. The molecule has 0 amide bonds. The maximum Gasteiger partial charge on any atom is 0.123 e. The zero-order valence-electron chi connectivity index (χ0n) is 8.65. The monoisotopic (exact) mass is 213 g/mol. The molecule has 0 aromatic heterocycles. The average Bonchev–Trinajstić information content (AvgIpc) is 2.26. The molecular weight excluding hydrogens is 197 g/mol. The molecule has 0 aliphatic rings. The molecule has 3 nitrogen and oxygen atoms in total. The third kappa shape index (κ3) is 3.95. The van der Waals surface area contributed by atoms with Crippen LogP contribution in [0.5, 0.6) is 0 Å². The van der Waals surface area contributed by atoms with E-state index in [1.165, 1.54) is 12.1 Å².